The number of anilines is 2. The molecule has 1 aliphatic rings. The molecule has 2 aromatic carbocycles. The highest BCUT2D eigenvalue weighted by Gasteiger charge is 2.37. The number of halogens is 3. The number of amides is 2. The third-order valence-corrected chi connectivity index (χ3v) is 4.91. The average Bonchev–Trinajstić information content (AvgIpc) is 2.71. The van der Waals surface area contributed by atoms with Gasteiger partial charge >= 0.3 is 0 Å². The molecule has 0 spiro atoms. The number of hydrogen-bond donors (Lipinski definition) is 4. The van der Waals surface area contributed by atoms with Gasteiger partial charge in [0, 0.05) is 13.1 Å². The highest BCUT2D eigenvalue weighted by atomic mass is 19.2. The molecule has 0 aliphatic carbocycles. The van der Waals surface area contributed by atoms with E-state index >= 15 is 0 Å². The van der Waals surface area contributed by atoms with Crippen LogP contribution in [0.2, 0.25) is 0 Å². The van der Waals surface area contributed by atoms with Crippen LogP contribution >= 0.6 is 0 Å². The van der Waals surface area contributed by atoms with Crippen LogP contribution in [0, 0.1) is 30.3 Å². The highest BCUT2D eigenvalue weighted by molar-refractivity contribution is 6.01. The minimum atomic E-state index is -1.33. The molecule has 1 aliphatic heterocycles. The Bertz CT molecular complexity index is 1010. The molecule has 32 heavy (non-hydrogen) atoms. The number of aryl methyl sites for hydroxylation is 1. The summed E-state index contributed by atoms with van der Waals surface area (Å²) in [4.78, 5) is 30.8. The molecule has 1 atom stereocenters. The summed E-state index contributed by atoms with van der Waals surface area (Å²) in [7, 11) is 0. The Morgan fingerprint density at radius 3 is 2.56 bits per heavy atom. The quantitative estimate of drug-likeness (QED) is 0.452. The summed E-state index contributed by atoms with van der Waals surface area (Å²) >= 11 is 0. The van der Waals surface area contributed by atoms with Gasteiger partial charge in [0.05, 0.1) is 29.5 Å². The van der Waals surface area contributed by atoms with E-state index in [4.69, 9.17) is 15.1 Å². The zero-order chi connectivity index (χ0) is 23.4. The molecule has 0 radical (unpaired) electrons. The first-order valence-electron chi connectivity index (χ1n) is 9.72. The molecule has 2 amide bonds. The summed E-state index contributed by atoms with van der Waals surface area (Å²) in [6.45, 7) is 0.818. The second kappa shape index (κ2) is 9.98. The van der Waals surface area contributed by atoms with Crippen LogP contribution in [-0.4, -0.2) is 59.3 Å². The molecule has 1 heterocycles. The number of hydrogen-bond acceptors (Lipinski definition) is 6. The van der Waals surface area contributed by atoms with Gasteiger partial charge in [-0.2, -0.15) is 0 Å². The fraction of sp³-hybridized carbons (Fsp3) is 0.333. The van der Waals surface area contributed by atoms with E-state index in [2.05, 4.69) is 10.8 Å². The number of carbonyl (C=O) groups excluding carboxylic acids is 2. The van der Waals surface area contributed by atoms with Crippen LogP contribution in [0.3, 0.4) is 0 Å². The Kier molecular flexibility index (Phi) is 7.33. The Hall–Kier alpha value is -3.15. The summed E-state index contributed by atoms with van der Waals surface area (Å²) in [5.74, 6) is -5.05. The zero-order valence-corrected chi connectivity index (χ0v) is 17.1. The molecule has 0 saturated carbocycles. The Morgan fingerprint density at radius 2 is 1.91 bits per heavy atom. The van der Waals surface area contributed by atoms with Crippen LogP contribution in [0.1, 0.15) is 15.9 Å². The van der Waals surface area contributed by atoms with Crippen LogP contribution in [0.4, 0.5) is 24.5 Å². The van der Waals surface area contributed by atoms with Gasteiger partial charge in [0.1, 0.15) is 18.5 Å². The van der Waals surface area contributed by atoms with Crippen molar-refractivity contribution in [1.82, 2.24) is 10.4 Å². The summed E-state index contributed by atoms with van der Waals surface area (Å²) in [5.41, 5.74) is 1.88. The monoisotopic (exact) mass is 453 g/mol. The number of rotatable bonds is 8. The second-order valence-corrected chi connectivity index (χ2v) is 7.41. The maximum Gasteiger partial charge on any atom is 0.256 e. The van der Waals surface area contributed by atoms with Gasteiger partial charge in [-0.1, -0.05) is 6.07 Å². The van der Waals surface area contributed by atoms with Gasteiger partial charge in [0.2, 0.25) is 5.91 Å². The number of nitrogens with zero attached hydrogens (tertiary/aromatic N) is 1. The largest absolute Gasteiger partial charge is 0.394 e. The predicted octanol–water partition coefficient (Wildman–Crippen LogP) is 1.63. The molecule has 4 N–H and O–H groups in total. The lowest BCUT2D eigenvalue weighted by Crippen LogP contribution is -2.56. The number of aliphatic hydroxyl groups excluding tert-OH is 2. The molecule has 11 heteroatoms. The van der Waals surface area contributed by atoms with Crippen LogP contribution in [0.25, 0.3) is 0 Å². The summed E-state index contributed by atoms with van der Waals surface area (Å²) in [6.07, 6.45) is -1.15. The predicted molar refractivity (Wildman–Crippen MR) is 107 cm³/mol. The van der Waals surface area contributed by atoms with Gasteiger partial charge in [0.25, 0.3) is 5.91 Å². The van der Waals surface area contributed by atoms with Gasteiger partial charge < -0.3 is 20.4 Å². The van der Waals surface area contributed by atoms with Crippen molar-refractivity contribution in [2.45, 2.75) is 13.0 Å². The van der Waals surface area contributed by atoms with Crippen molar-refractivity contribution in [3.05, 3.63) is 58.9 Å². The summed E-state index contributed by atoms with van der Waals surface area (Å²) < 4.78 is 42.5. The van der Waals surface area contributed by atoms with E-state index in [-0.39, 0.29) is 30.9 Å². The van der Waals surface area contributed by atoms with Crippen molar-refractivity contribution >= 4 is 23.2 Å². The number of likely N-dealkylation sites (tertiary alicyclic amines) is 1. The third-order valence-electron chi connectivity index (χ3n) is 4.91. The van der Waals surface area contributed by atoms with E-state index < -0.39 is 53.6 Å². The van der Waals surface area contributed by atoms with E-state index in [1.165, 1.54) is 17.0 Å². The molecule has 8 nitrogen and oxygen atoms in total. The summed E-state index contributed by atoms with van der Waals surface area (Å²) in [6, 6.07) is 6.01. The number of aliphatic hydroxyl groups is 2. The van der Waals surface area contributed by atoms with Crippen molar-refractivity contribution in [3.8, 4) is 0 Å². The molecule has 3 rings (SSSR count). The first-order chi connectivity index (χ1) is 15.2. The number of carbonyl (C=O) groups is 2. The number of hydroxylamine groups is 1. The highest BCUT2D eigenvalue weighted by Crippen LogP contribution is 2.30. The van der Waals surface area contributed by atoms with E-state index in [0.717, 1.165) is 12.1 Å². The van der Waals surface area contributed by atoms with Gasteiger partial charge in [-0.05, 0) is 36.8 Å². The minimum Gasteiger partial charge on any atom is -0.394 e. The molecule has 2 aromatic rings. The van der Waals surface area contributed by atoms with Crippen molar-refractivity contribution in [2.24, 2.45) is 5.92 Å². The lowest BCUT2D eigenvalue weighted by molar-refractivity contribution is -0.145. The standard InChI is InChI=1S/C21H22F3N3O5/c1-11-2-5-17(16(23)6-11)25-19-14(3-4-15(22)18(19)24)21(31)27-7-12(8-27)20(30)26-32-10-13(29)9-28/h2-6,12-13,25,28-29H,7-10H2,1H3,(H,26,30). The fourth-order valence-corrected chi connectivity index (χ4v) is 3.03. The SMILES string of the molecule is Cc1ccc(Nc2c(C(=O)N3CC(C(=O)NOCC(O)CO)C3)ccc(F)c2F)c(F)c1. The minimum absolute atomic E-state index is 0.00604. The van der Waals surface area contributed by atoms with E-state index in [1.54, 1.807) is 13.0 Å². The Morgan fingerprint density at radius 1 is 1.19 bits per heavy atom. The third kappa shape index (κ3) is 5.18. The van der Waals surface area contributed by atoms with Crippen molar-refractivity contribution in [3.63, 3.8) is 0 Å². The zero-order valence-electron chi connectivity index (χ0n) is 17.1. The number of nitrogens with one attached hydrogen (secondary N) is 2. The molecule has 0 aromatic heterocycles. The average molecular weight is 453 g/mol. The van der Waals surface area contributed by atoms with E-state index in [9.17, 15) is 22.8 Å². The molecule has 0 bridgehead atoms. The lowest BCUT2D eigenvalue weighted by atomic mass is 9.97. The topological polar surface area (TPSA) is 111 Å². The first-order valence-corrected chi connectivity index (χ1v) is 9.72. The van der Waals surface area contributed by atoms with Crippen molar-refractivity contribution < 1.29 is 37.8 Å². The normalized spacial score (nSPS) is 14.6. The molecular weight excluding hydrogens is 431 g/mol. The molecule has 1 saturated heterocycles. The van der Waals surface area contributed by atoms with Crippen LogP contribution in [0.5, 0.6) is 0 Å². The lowest BCUT2D eigenvalue weighted by Gasteiger charge is -2.38. The van der Waals surface area contributed by atoms with E-state index in [0.29, 0.717) is 5.56 Å². The maximum atomic E-state index is 14.5. The number of benzene rings is 2. The smallest absolute Gasteiger partial charge is 0.256 e. The van der Waals surface area contributed by atoms with Gasteiger partial charge in [0.15, 0.2) is 11.6 Å². The first kappa shape index (κ1) is 23.5. The molecule has 1 unspecified atom stereocenters. The van der Waals surface area contributed by atoms with Crippen LogP contribution in [0.15, 0.2) is 30.3 Å². The van der Waals surface area contributed by atoms with Gasteiger partial charge in [-0.3, -0.25) is 14.4 Å². The molecule has 172 valence electrons. The molecular formula is C21H22F3N3O5. The van der Waals surface area contributed by atoms with Gasteiger partial charge in [-0.15, -0.1) is 0 Å². The fourth-order valence-electron chi connectivity index (χ4n) is 3.03. The Labute approximate surface area is 181 Å². The second-order valence-electron chi connectivity index (χ2n) is 7.41. The summed E-state index contributed by atoms with van der Waals surface area (Å²) in [5, 5.41) is 20.3. The van der Waals surface area contributed by atoms with E-state index in [1.807, 2.05) is 0 Å². The Balaban J connectivity index is 1.69. The van der Waals surface area contributed by atoms with Crippen LogP contribution in [-0.2, 0) is 9.63 Å². The van der Waals surface area contributed by atoms with Gasteiger partial charge in [-0.25, -0.2) is 18.7 Å². The molecule has 1 fully saturated rings. The van der Waals surface area contributed by atoms with Crippen molar-refractivity contribution in [1.29, 1.82) is 0 Å². The maximum absolute atomic E-state index is 14.5. The van der Waals surface area contributed by atoms with Crippen LogP contribution < -0.4 is 10.8 Å². The van der Waals surface area contributed by atoms with Crippen molar-refractivity contribution in [2.75, 3.05) is 31.6 Å².